The van der Waals surface area contributed by atoms with Crippen LogP contribution in [0.4, 0.5) is 4.39 Å². The third kappa shape index (κ3) is 1.06. The molecule has 1 rings (SSSR count). The van der Waals surface area contributed by atoms with Crippen LogP contribution in [0.3, 0.4) is 0 Å². The summed E-state index contributed by atoms with van der Waals surface area (Å²) in [6, 6.07) is 8.36. The fraction of sp³-hybridized carbons (Fsp3) is 0. The Morgan fingerprint density at radius 3 is 2.89 bits per heavy atom. The molecule has 0 heterocycles. The van der Waals surface area contributed by atoms with Gasteiger partial charge in [-0.05, 0) is 6.07 Å². The first-order valence-corrected chi connectivity index (χ1v) is 2.41. The molecule has 2 heteroatoms. The van der Waals surface area contributed by atoms with Gasteiger partial charge in [0.1, 0.15) is 11.9 Å². The molecule has 43 valence electrons. The Kier molecular flexibility index (Phi) is 1.46. The molecule has 0 N–H and O–H groups in total. The van der Waals surface area contributed by atoms with E-state index in [4.69, 9.17) is 5.26 Å². The third-order valence-corrected chi connectivity index (χ3v) is 0.926. The van der Waals surface area contributed by atoms with E-state index >= 15 is 0 Å². The average molecular weight is 120 g/mol. The molecule has 1 aromatic rings. The predicted octanol–water partition coefficient (Wildman–Crippen LogP) is 1.50. The van der Waals surface area contributed by atoms with Crippen LogP contribution in [-0.4, -0.2) is 0 Å². The van der Waals surface area contributed by atoms with E-state index in [0.717, 1.165) is 0 Å². The Morgan fingerprint density at radius 2 is 2.44 bits per heavy atom. The van der Waals surface area contributed by atoms with Gasteiger partial charge in [-0.2, -0.15) is 5.26 Å². The lowest BCUT2D eigenvalue weighted by molar-refractivity contribution is 0.621. The molecule has 9 heavy (non-hydrogen) atoms. The first-order valence-electron chi connectivity index (χ1n) is 2.41. The topological polar surface area (TPSA) is 23.8 Å². The molecule has 0 saturated heterocycles. The van der Waals surface area contributed by atoms with Gasteiger partial charge in [0.25, 0.3) is 0 Å². The van der Waals surface area contributed by atoms with Gasteiger partial charge < -0.3 is 0 Å². The Bertz CT molecular complexity index is 249. The highest BCUT2D eigenvalue weighted by atomic mass is 19.1. The lowest BCUT2D eigenvalue weighted by atomic mass is 10.2. The van der Waals surface area contributed by atoms with Crippen LogP contribution in [-0.2, 0) is 0 Å². The smallest absolute Gasteiger partial charge is 0.148 e. The van der Waals surface area contributed by atoms with Gasteiger partial charge in [0.15, 0.2) is 0 Å². The Balaban J connectivity index is 3.20. The molecule has 0 saturated carbocycles. The van der Waals surface area contributed by atoms with Gasteiger partial charge in [0.05, 0.1) is 5.56 Å². The van der Waals surface area contributed by atoms with Crippen molar-refractivity contribution < 1.29 is 4.39 Å². The largest absolute Gasteiger partial charge is 0.205 e. The first kappa shape index (κ1) is 5.77. The van der Waals surface area contributed by atoms with Gasteiger partial charge in [-0.1, -0.05) is 12.1 Å². The van der Waals surface area contributed by atoms with Crippen LogP contribution in [0.5, 0.6) is 0 Å². The van der Waals surface area contributed by atoms with E-state index in [2.05, 4.69) is 6.07 Å². The number of nitrogens with zero attached hydrogens (tertiary/aromatic N) is 1. The number of hydrogen-bond acceptors (Lipinski definition) is 1. The second-order valence-corrected chi connectivity index (χ2v) is 1.51. The van der Waals surface area contributed by atoms with E-state index in [9.17, 15) is 4.39 Å². The van der Waals surface area contributed by atoms with E-state index in [1.807, 2.05) is 0 Å². The van der Waals surface area contributed by atoms with Gasteiger partial charge in [-0.3, -0.25) is 0 Å². The summed E-state index contributed by atoms with van der Waals surface area (Å²) in [5.74, 6) is -0.583. The van der Waals surface area contributed by atoms with Gasteiger partial charge in [-0.15, -0.1) is 0 Å². The molecule has 1 aromatic carbocycles. The summed E-state index contributed by atoms with van der Waals surface area (Å²) < 4.78 is 12.3. The van der Waals surface area contributed by atoms with Crippen LogP contribution in [0.25, 0.3) is 0 Å². The molecule has 0 aliphatic carbocycles. The summed E-state index contributed by atoms with van der Waals surface area (Å²) in [4.78, 5) is 0. The molecule has 1 nitrogen and oxygen atoms in total. The Hall–Kier alpha value is -1.36. The van der Waals surface area contributed by atoms with Crippen LogP contribution in [0, 0.1) is 23.2 Å². The van der Waals surface area contributed by atoms with Gasteiger partial charge in [0.2, 0.25) is 0 Å². The molecule has 0 aliphatic rings. The van der Waals surface area contributed by atoms with Crippen molar-refractivity contribution in [3.8, 4) is 6.07 Å². The summed E-state index contributed by atoms with van der Waals surface area (Å²) in [5.41, 5.74) is 0.0394. The van der Waals surface area contributed by atoms with Crippen LogP contribution in [0.2, 0.25) is 0 Å². The first-order chi connectivity index (χ1) is 4.34. The van der Waals surface area contributed by atoms with Crippen molar-refractivity contribution >= 4 is 0 Å². The predicted molar refractivity (Wildman–Crippen MR) is 30.0 cm³/mol. The maximum absolute atomic E-state index is 12.3. The Labute approximate surface area is 52.4 Å². The van der Waals surface area contributed by atoms with Crippen molar-refractivity contribution in [3.63, 3.8) is 0 Å². The molecule has 0 amide bonds. The summed E-state index contributed by atoms with van der Waals surface area (Å²) in [6.45, 7) is 0. The number of halogens is 1. The highest BCUT2D eigenvalue weighted by Gasteiger charge is 1.95. The minimum Gasteiger partial charge on any atom is -0.205 e. The number of benzene rings is 1. The Morgan fingerprint density at radius 1 is 1.67 bits per heavy atom. The fourth-order valence-electron chi connectivity index (χ4n) is 0.503. The second kappa shape index (κ2) is 2.27. The summed E-state index contributed by atoms with van der Waals surface area (Å²) in [6.07, 6.45) is 0. The van der Waals surface area contributed by atoms with Crippen LogP contribution < -0.4 is 0 Å². The minimum atomic E-state index is -0.583. The normalized spacial score (nSPS) is 8.44. The number of rotatable bonds is 0. The zero-order chi connectivity index (χ0) is 6.69. The highest BCUT2D eigenvalue weighted by molar-refractivity contribution is 5.28. The molecule has 0 unspecified atom stereocenters. The molecule has 0 spiro atoms. The van der Waals surface area contributed by atoms with Gasteiger partial charge in [0, 0.05) is 6.07 Å². The van der Waals surface area contributed by atoms with E-state index in [1.165, 1.54) is 12.1 Å². The van der Waals surface area contributed by atoms with Crippen LogP contribution in [0.15, 0.2) is 18.2 Å². The molecule has 0 atom stereocenters. The standard InChI is InChI=1S/C7H3FN/c8-7-4-2-1-3-6(7)5-9/h1-3H. The summed E-state index contributed by atoms with van der Waals surface area (Å²) >= 11 is 0. The van der Waals surface area contributed by atoms with Crippen molar-refractivity contribution in [1.29, 1.82) is 5.26 Å². The monoisotopic (exact) mass is 120 g/mol. The number of hydrogen-bond donors (Lipinski definition) is 0. The van der Waals surface area contributed by atoms with Gasteiger partial charge in [-0.25, -0.2) is 4.39 Å². The van der Waals surface area contributed by atoms with Gasteiger partial charge >= 0.3 is 0 Å². The maximum Gasteiger partial charge on any atom is 0.148 e. The summed E-state index contributed by atoms with van der Waals surface area (Å²) in [7, 11) is 0. The SMILES string of the molecule is N#Cc1ccc[c]c1F. The van der Waals surface area contributed by atoms with Crippen molar-refractivity contribution in [2.24, 2.45) is 0 Å². The second-order valence-electron chi connectivity index (χ2n) is 1.51. The molecule has 0 aromatic heterocycles. The van der Waals surface area contributed by atoms with Crippen molar-refractivity contribution in [1.82, 2.24) is 0 Å². The van der Waals surface area contributed by atoms with Crippen molar-refractivity contribution in [2.75, 3.05) is 0 Å². The maximum atomic E-state index is 12.3. The zero-order valence-electron chi connectivity index (χ0n) is 4.56. The van der Waals surface area contributed by atoms with Crippen LogP contribution >= 0.6 is 0 Å². The van der Waals surface area contributed by atoms with E-state index < -0.39 is 5.82 Å². The zero-order valence-corrected chi connectivity index (χ0v) is 4.56. The van der Waals surface area contributed by atoms with Crippen LogP contribution in [0.1, 0.15) is 5.56 Å². The molecular formula is C7H3FN. The third-order valence-electron chi connectivity index (χ3n) is 0.926. The van der Waals surface area contributed by atoms with Crippen molar-refractivity contribution in [3.05, 3.63) is 35.6 Å². The lowest BCUT2D eigenvalue weighted by Crippen LogP contribution is -1.79. The van der Waals surface area contributed by atoms with E-state index in [0.29, 0.717) is 0 Å². The molecule has 0 aliphatic heterocycles. The molecular weight excluding hydrogens is 117 g/mol. The molecule has 0 bridgehead atoms. The van der Waals surface area contributed by atoms with E-state index in [1.54, 1.807) is 12.1 Å². The lowest BCUT2D eigenvalue weighted by Gasteiger charge is -1.86. The highest BCUT2D eigenvalue weighted by Crippen LogP contribution is 2.01. The molecule has 1 radical (unpaired) electrons. The summed E-state index contributed by atoms with van der Waals surface area (Å²) in [5, 5.41) is 8.21. The van der Waals surface area contributed by atoms with E-state index in [-0.39, 0.29) is 5.56 Å². The average Bonchev–Trinajstić information content (AvgIpc) is 1.89. The number of nitriles is 1. The fourth-order valence-corrected chi connectivity index (χ4v) is 0.503. The minimum absolute atomic E-state index is 0.0394. The molecule has 0 fully saturated rings. The quantitative estimate of drug-likeness (QED) is 0.509. The van der Waals surface area contributed by atoms with Crippen molar-refractivity contribution in [2.45, 2.75) is 0 Å².